The van der Waals surface area contributed by atoms with E-state index in [4.69, 9.17) is 9.47 Å². The van der Waals surface area contributed by atoms with Gasteiger partial charge in [-0.15, -0.1) is 11.8 Å². The minimum absolute atomic E-state index is 0.0119. The third-order valence-electron chi connectivity index (χ3n) is 8.14. The SMILES string of the molecule is CCOC(=O)[C@H](CSC1CC(=O)N(Cc2ccc(-c3c4c(cc5ccc(N(C)C)cc35)CCC4=O)cc2)C1=O)NC(=O)OC(C)(C)C. The summed E-state index contributed by atoms with van der Waals surface area (Å²) in [5, 5.41) is 3.91. The Balaban J connectivity index is 1.31. The van der Waals surface area contributed by atoms with Crippen LogP contribution in [0, 0.1) is 0 Å². The van der Waals surface area contributed by atoms with Crippen molar-refractivity contribution in [1.82, 2.24) is 10.2 Å². The van der Waals surface area contributed by atoms with Crippen molar-refractivity contribution in [3.8, 4) is 11.1 Å². The molecule has 1 aliphatic heterocycles. The number of anilines is 1. The lowest BCUT2D eigenvalue weighted by Gasteiger charge is -2.23. The van der Waals surface area contributed by atoms with Crippen LogP contribution in [0.5, 0.6) is 0 Å². The second kappa shape index (κ2) is 13.8. The number of imide groups is 1. The number of ether oxygens (including phenoxy) is 2. The van der Waals surface area contributed by atoms with E-state index in [-0.39, 0.29) is 42.9 Å². The standard InChI is InChI=1S/C36H41N3O7S/c1-7-45-34(43)27(37-35(44)46-36(2,3)4)20-47-29-18-30(41)39(33(29)42)19-21-8-10-22(11-9-21)31-26-17-25(38(5)6)14-12-23(26)16-24-13-15-28(40)32(24)31/h8-12,14,16-17,27,29H,7,13,15,18-20H2,1-6H3,(H,37,44)/t27-,29?/m0/s1. The fourth-order valence-electron chi connectivity index (χ4n) is 5.89. The molecular weight excluding hydrogens is 618 g/mol. The smallest absolute Gasteiger partial charge is 0.408 e. The van der Waals surface area contributed by atoms with E-state index in [1.807, 2.05) is 43.3 Å². The Labute approximate surface area is 279 Å². The van der Waals surface area contributed by atoms with Crippen LogP contribution in [0.3, 0.4) is 0 Å². The molecule has 2 atom stereocenters. The molecule has 2 aliphatic rings. The van der Waals surface area contributed by atoms with Crippen LogP contribution in [0.2, 0.25) is 0 Å². The van der Waals surface area contributed by atoms with Crippen molar-refractivity contribution in [1.29, 1.82) is 0 Å². The van der Waals surface area contributed by atoms with Gasteiger partial charge in [-0.3, -0.25) is 19.3 Å². The van der Waals surface area contributed by atoms with Crippen molar-refractivity contribution in [3.05, 3.63) is 65.2 Å². The van der Waals surface area contributed by atoms with Crippen LogP contribution in [-0.2, 0) is 36.8 Å². The Morgan fingerprint density at radius 3 is 2.40 bits per heavy atom. The van der Waals surface area contributed by atoms with Crippen molar-refractivity contribution in [2.45, 2.75) is 70.4 Å². The average molecular weight is 660 g/mol. The fourth-order valence-corrected chi connectivity index (χ4v) is 7.07. The van der Waals surface area contributed by atoms with E-state index >= 15 is 0 Å². The van der Waals surface area contributed by atoms with Crippen molar-refractivity contribution in [2.75, 3.05) is 31.4 Å². The van der Waals surface area contributed by atoms with Gasteiger partial charge in [0.15, 0.2) is 5.78 Å². The molecule has 1 fully saturated rings. The molecule has 10 nitrogen and oxygen atoms in total. The largest absolute Gasteiger partial charge is 0.464 e. The number of carbonyl (C=O) groups is 5. The summed E-state index contributed by atoms with van der Waals surface area (Å²) < 4.78 is 10.4. The molecule has 3 aromatic rings. The maximum Gasteiger partial charge on any atom is 0.408 e. The number of benzene rings is 3. The molecule has 1 N–H and O–H groups in total. The topological polar surface area (TPSA) is 122 Å². The van der Waals surface area contributed by atoms with Gasteiger partial charge in [-0.25, -0.2) is 9.59 Å². The first-order valence-electron chi connectivity index (χ1n) is 15.8. The van der Waals surface area contributed by atoms with Gasteiger partial charge in [-0.05, 0) is 73.7 Å². The maximum atomic E-state index is 13.3. The average Bonchev–Trinajstić information content (AvgIpc) is 3.50. The second-order valence-electron chi connectivity index (χ2n) is 13.0. The van der Waals surface area contributed by atoms with E-state index in [1.54, 1.807) is 27.7 Å². The highest BCUT2D eigenvalue weighted by atomic mass is 32.2. The first-order valence-corrected chi connectivity index (χ1v) is 16.8. The number of nitrogens with one attached hydrogen (secondary N) is 1. The van der Waals surface area contributed by atoms with Crippen molar-refractivity contribution in [3.63, 3.8) is 0 Å². The summed E-state index contributed by atoms with van der Waals surface area (Å²) in [6.45, 7) is 7.02. The van der Waals surface area contributed by atoms with E-state index in [0.717, 1.165) is 62.5 Å². The first kappa shape index (κ1) is 34.0. The minimum Gasteiger partial charge on any atom is -0.464 e. The normalized spacial score (nSPS) is 16.8. The molecule has 1 saturated heterocycles. The summed E-state index contributed by atoms with van der Waals surface area (Å²) in [7, 11) is 3.97. The molecule has 0 aromatic heterocycles. The molecular formula is C36H41N3O7S. The van der Waals surface area contributed by atoms with Crippen LogP contribution < -0.4 is 10.2 Å². The number of aryl methyl sites for hydroxylation is 1. The highest BCUT2D eigenvalue weighted by molar-refractivity contribution is 8.00. The minimum atomic E-state index is -1.05. The van der Waals surface area contributed by atoms with Gasteiger partial charge in [0, 0.05) is 49.5 Å². The third-order valence-corrected chi connectivity index (χ3v) is 9.43. The van der Waals surface area contributed by atoms with Crippen LogP contribution in [0.1, 0.15) is 62.0 Å². The van der Waals surface area contributed by atoms with Gasteiger partial charge in [-0.2, -0.15) is 0 Å². The Morgan fingerprint density at radius 2 is 1.74 bits per heavy atom. The number of thioether (sulfide) groups is 1. The Kier molecular flexibility index (Phi) is 9.95. The summed E-state index contributed by atoms with van der Waals surface area (Å²) in [5.74, 6) is -1.13. The van der Waals surface area contributed by atoms with E-state index in [1.165, 1.54) is 4.90 Å². The highest BCUT2D eigenvalue weighted by Gasteiger charge is 2.40. The molecule has 3 aromatic carbocycles. The summed E-state index contributed by atoms with van der Waals surface area (Å²) >= 11 is 1.13. The molecule has 1 unspecified atom stereocenters. The predicted octanol–water partition coefficient (Wildman–Crippen LogP) is 5.52. The number of carbonyl (C=O) groups excluding carboxylic acids is 5. The van der Waals surface area contributed by atoms with Gasteiger partial charge >= 0.3 is 12.1 Å². The van der Waals surface area contributed by atoms with Crippen LogP contribution >= 0.6 is 11.8 Å². The number of hydrogen-bond acceptors (Lipinski definition) is 9. The van der Waals surface area contributed by atoms with Crippen LogP contribution in [0.4, 0.5) is 10.5 Å². The van der Waals surface area contributed by atoms with Gasteiger partial charge in [0.1, 0.15) is 11.6 Å². The van der Waals surface area contributed by atoms with E-state index in [2.05, 4.69) is 29.6 Å². The molecule has 11 heteroatoms. The monoisotopic (exact) mass is 659 g/mol. The Bertz CT molecular complexity index is 1730. The Morgan fingerprint density at radius 1 is 1.02 bits per heavy atom. The number of Topliss-reactive ketones (excluding diaryl/α,β-unsaturated/α-hetero) is 1. The predicted molar refractivity (Wildman–Crippen MR) is 183 cm³/mol. The number of amides is 3. The molecule has 0 saturated carbocycles. The number of esters is 1. The molecule has 5 rings (SSSR count). The van der Waals surface area contributed by atoms with Gasteiger partial charge < -0.3 is 19.7 Å². The van der Waals surface area contributed by atoms with Gasteiger partial charge in [-0.1, -0.05) is 36.4 Å². The van der Waals surface area contributed by atoms with Gasteiger partial charge in [0.25, 0.3) is 0 Å². The molecule has 47 heavy (non-hydrogen) atoms. The van der Waals surface area contributed by atoms with E-state index in [9.17, 15) is 24.0 Å². The molecule has 3 amide bonds. The molecule has 0 radical (unpaired) electrons. The third kappa shape index (κ3) is 7.62. The number of nitrogens with zero attached hydrogens (tertiary/aromatic N) is 2. The molecule has 0 spiro atoms. The number of alkyl carbamates (subject to hydrolysis) is 1. The van der Waals surface area contributed by atoms with E-state index in [0.29, 0.717) is 6.42 Å². The number of fused-ring (bicyclic) bond motifs is 2. The maximum absolute atomic E-state index is 13.3. The first-order chi connectivity index (χ1) is 22.3. The number of ketones is 1. The van der Waals surface area contributed by atoms with Crippen molar-refractivity contribution < 1.29 is 33.4 Å². The summed E-state index contributed by atoms with van der Waals surface area (Å²) in [6.07, 6.45) is 0.432. The molecule has 0 bridgehead atoms. The van der Waals surface area contributed by atoms with Crippen LogP contribution in [-0.4, -0.2) is 77.9 Å². The van der Waals surface area contributed by atoms with Crippen molar-refractivity contribution >= 4 is 57.9 Å². The lowest BCUT2D eigenvalue weighted by atomic mass is 9.90. The lowest BCUT2D eigenvalue weighted by molar-refractivity contribution is -0.145. The number of hydrogen-bond donors (Lipinski definition) is 1. The second-order valence-corrected chi connectivity index (χ2v) is 14.2. The van der Waals surface area contributed by atoms with E-state index < -0.39 is 29.0 Å². The zero-order valence-corrected chi connectivity index (χ0v) is 28.5. The van der Waals surface area contributed by atoms with Gasteiger partial charge in [0.05, 0.1) is 18.4 Å². The van der Waals surface area contributed by atoms with Gasteiger partial charge in [0.2, 0.25) is 11.8 Å². The van der Waals surface area contributed by atoms with Crippen LogP contribution in [0.25, 0.3) is 21.9 Å². The zero-order chi connectivity index (χ0) is 34.0. The van der Waals surface area contributed by atoms with Crippen molar-refractivity contribution in [2.24, 2.45) is 0 Å². The Hall–Kier alpha value is -4.38. The summed E-state index contributed by atoms with van der Waals surface area (Å²) in [6, 6.07) is 15.0. The fraction of sp³-hybridized carbons (Fsp3) is 0.417. The quantitative estimate of drug-likeness (QED) is 0.222. The zero-order valence-electron chi connectivity index (χ0n) is 27.7. The molecule has 248 valence electrons. The summed E-state index contributed by atoms with van der Waals surface area (Å²) in [5.41, 5.74) is 4.69. The van der Waals surface area contributed by atoms with Crippen LogP contribution in [0.15, 0.2) is 48.5 Å². The highest BCUT2D eigenvalue weighted by Crippen LogP contribution is 2.40. The molecule has 1 heterocycles. The number of rotatable bonds is 10. The number of likely N-dealkylation sites (tertiary alicyclic amines) is 1. The summed E-state index contributed by atoms with van der Waals surface area (Å²) in [4.78, 5) is 67.5. The lowest BCUT2D eigenvalue weighted by Crippen LogP contribution is -2.46. The molecule has 1 aliphatic carbocycles.